The topological polar surface area (TPSA) is 66.0 Å². The van der Waals surface area contributed by atoms with Crippen molar-refractivity contribution in [1.29, 1.82) is 0 Å². The fraction of sp³-hybridized carbons (Fsp3) is 0.450. The van der Waals surface area contributed by atoms with Crippen LogP contribution in [0.25, 0.3) is 0 Å². The monoisotopic (exact) mass is 402 g/mol. The van der Waals surface area contributed by atoms with Crippen molar-refractivity contribution in [3.8, 4) is 5.75 Å². The summed E-state index contributed by atoms with van der Waals surface area (Å²) in [5.41, 5.74) is 1.46. The summed E-state index contributed by atoms with van der Waals surface area (Å²) >= 11 is 1.46. The van der Waals surface area contributed by atoms with E-state index in [1.807, 2.05) is 11.8 Å². The van der Waals surface area contributed by atoms with Gasteiger partial charge in [-0.15, -0.1) is 11.3 Å². The van der Waals surface area contributed by atoms with Gasteiger partial charge in [-0.1, -0.05) is 0 Å². The first-order valence-electron chi connectivity index (χ1n) is 9.22. The molecule has 2 aromatic rings. The molecule has 0 aliphatic carbocycles. The molecule has 1 saturated heterocycles. The number of hydrogen-bond donors (Lipinski definition) is 0. The van der Waals surface area contributed by atoms with E-state index in [2.05, 4.69) is 9.88 Å². The van der Waals surface area contributed by atoms with Crippen molar-refractivity contribution < 1.29 is 14.3 Å². The highest BCUT2D eigenvalue weighted by molar-refractivity contribution is 7.13. The van der Waals surface area contributed by atoms with Gasteiger partial charge in [0.25, 0.3) is 11.8 Å². The summed E-state index contributed by atoms with van der Waals surface area (Å²) in [6, 6.07) is 7.21. The number of piperazine rings is 1. The summed E-state index contributed by atoms with van der Waals surface area (Å²) in [6.07, 6.45) is 0. The lowest BCUT2D eigenvalue weighted by Gasteiger charge is -2.34. The average molecular weight is 403 g/mol. The molecule has 8 heteroatoms. The van der Waals surface area contributed by atoms with Crippen LogP contribution in [0, 0.1) is 6.92 Å². The molecule has 1 aromatic carbocycles. The second-order valence-corrected chi connectivity index (χ2v) is 8.10. The lowest BCUT2D eigenvalue weighted by atomic mass is 10.1. The van der Waals surface area contributed by atoms with Crippen LogP contribution in [0.2, 0.25) is 0 Å². The molecule has 1 aliphatic heterocycles. The normalized spacial score (nSPS) is 14.8. The molecule has 0 N–H and O–H groups in total. The second kappa shape index (κ2) is 8.70. The zero-order valence-electron chi connectivity index (χ0n) is 16.8. The number of hydrogen-bond acceptors (Lipinski definition) is 6. The first-order valence-corrected chi connectivity index (χ1v) is 10.0. The molecule has 28 heavy (non-hydrogen) atoms. The maximum Gasteiger partial charge on any atom is 0.265 e. The van der Waals surface area contributed by atoms with Crippen LogP contribution >= 0.6 is 11.3 Å². The third kappa shape index (κ3) is 4.51. The van der Waals surface area contributed by atoms with E-state index in [0.717, 1.165) is 29.5 Å². The number of aryl methyl sites for hydroxylation is 1. The van der Waals surface area contributed by atoms with Gasteiger partial charge >= 0.3 is 0 Å². The van der Waals surface area contributed by atoms with E-state index in [1.54, 1.807) is 50.4 Å². The summed E-state index contributed by atoms with van der Waals surface area (Å²) in [7, 11) is 5.11. The van der Waals surface area contributed by atoms with Gasteiger partial charge in [-0.3, -0.25) is 14.5 Å². The van der Waals surface area contributed by atoms with Gasteiger partial charge in [0, 0.05) is 45.8 Å². The fourth-order valence-electron chi connectivity index (χ4n) is 3.14. The molecule has 0 bridgehead atoms. The first-order chi connectivity index (χ1) is 13.4. The number of nitrogens with zero attached hydrogens (tertiary/aromatic N) is 4. The van der Waals surface area contributed by atoms with Crippen LogP contribution in [0.3, 0.4) is 0 Å². The number of methoxy groups -OCH3 is 1. The third-order valence-corrected chi connectivity index (χ3v) is 5.93. The van der Waals surface area contributed by atoms with Gasteiger partial charge in [-0.2, -0.15) is 0 Å². The van der Waals surface area contributed by atoms with Crippen LogP contribution in [0.5, 0.6) is 5.75 Å². The molecule has 0 saturated carbocycles. The van der Waals surface area contributed by atoms with E-state index in [9.17, 15) is 9.59 Å². The molecule has 1 aliphatic rings. The summed E-state index contributed by atoms with van der Waals surface area (Å²) in [4.78, 5) is 35.9. The zero-order valence-corrected chi connectivity index (χ0v) is 17.6. The largest absolute Gasteiger partial charge is 0.497 e. The van der Waals surface area contributed by atoms with E-state index in [4.69, 9.17) is 4.74 Å². The molecule has 0 spiro atoms. The average Bonchev–Trinajstić information content (AvgIpc) is 3.07. The zero-order chi connectivity index (χ0) is 20.3. The highest BCUT2D eigenvalue weighted by Crippen LogP contribution is 2.22. The molecule has 0 radical (unpaired) electrons. The van der Waals surface area contributed by atoms with Crippen molar-refractivity contribution in [3.05, 3.63) is 45.4 Å². The number of carbonyl (C=O) groups is 2. The molecule has 150 valence electrons. The van der Waals surface area contributed by atoms with Crippen molar-refractivity contribution >= 4 is 23.2 Å². The van der Waals surface area contributed by atoms with Crippen molar-refractivity contribution in [3.63, 3.8) is 0 Å². The molecule has 1 aromatic heterocycles. The molecular weight excluding hydrogens is 376 g/mol. The molecule has 0 atom stereocenters. The predicted octanol–water partition coefficient (Wildman–Crippen LogP) is 2.12. The quantitative estimate of drug-likeness (QED) is 0.767. The number of carbonyl (C=O) groups excluding carboxylic acids is 2. The van der Waals surface area contributed by atoms with Gasteiger partial charge in [0.15, 0.2) is 0 Å². The summed E-state index contributed by atoms with van der Waals surface area (Å²) in [6.45, 7) is 5.52. The van der Waals surface area contributed by atoms with Gasteiger partial charge in [0.1, 0.15) is 15.6 Å². The summed E-state index contributed by atoms with van der Waals surface area (Å²) in [5.74, 6) is 0.787. The Balaban J connectivity index is 1.56. The van der Waals surface area contributed by atoms with Gasteiger partial charge in [0.2, 0.25) is 0 Å². The number of ether oxygens (including phenoxy) is 1. The van der Waals surface area contributed by atoms with Crippen LogP contribution in [-0.2, 0) is 6.54 Å². The van der Waals surface area contributed by atoms with Gasteiger partial charge in [-0.25, -0.2) is 4.98 Å². The minimum absolute atomic E-state index is 0.00356. The Morgan fingerprint density at radius 3 is 2.36 bits per heavy atom. The van der Waals surface area contributed by atoms with Crippen molar-refractivity contribution in [1.82, 2.24) is 19.7 Å². The third-order valence-electron chi connectivity index (χ3n) is 4.80. The van der Waals surface area contributed by atoms with Crippen LogP contribution in [0.1, 0.15) is 30.7 Å². The fourth-order valence-corrected chi connectivity index (χ4v) is 4.27. The lowest BCUT2D eigenvalue weighted by Crippen LogP contribution is -2.48. The molecule has 2 heterocycles. The minimum atomic E-state index is -0.00356. The van der Waals surface area contributed by atoms with E-state index in [-0.39, 0.29) is 11.8 Å². The Morgan fingerprint density at radius 2 is 1.79 bits per heavy atom. The Hall–Kier alpha value is -2.45. The van der Waals surface area contributed by atoms with Gasteiger partial charge in [0.05, 0.1) is 19.3 Å². The van der Waals surface area contributed by atoms with E-state index in [1.165, 1.54) is 11.3 Å². The summed E-state index contributed by atoms with van der Waals surface area (Å²) < 4.78 is 5.14. The lowest BCUT2D eigenvalue weighted by molar-refractivity contribution is 0.0628. The first kappa shape index (κ1) is 20.3. The number of aromatic nitrogens is 1. The van der Waals surface area contributed by atoms with E-state index < -0.39 is 0 Å². The molecule has 7 nitrogen and oxygen atoms in total. The maximum absolute atomic E-state index is 12.7. The van der Waals surface area contributed by atoms with E-state index >= 15 is 0 Å². The predicted molar refractivity (Wildman–Crippen MR) is 109 cm³/mol. The standard InChI is InChI=1S/C20H26N4O3S/c1-14-18(20(26)22(2)3)28-17(21-14)13-23-9-11-24(12-10-23)19(25)15-5-7-16(27-4)8-6-15/h5-8H,9-13H2,1-4H3. The highest BCUT2D eigenvalue weighted by atomic mass is 32.1. The van der Waals surface area contributed by atoms with Gasteiger partial charge < -0.3 is 14.5 Å². The Labute approximate surface area is 169 Å². The Morgan fingerprint density at radius 1 is 1.14 bits per heavy atom. The molecule has 2 amide bonds. The number of thiazole rings is 1. The Bertz CT molecular complexity index is 840. The van der Waals surface area contributed by atoms with Crippen LogP contribution < -0.4 is 4.74 Å². The SMILES string of the molecule is COc1ccc(C(=O)N2CCN(Cc3nc(C)c(C(=O)N(C)C)s3)CC2)cc1. The molecule has 0 unspecified atom stereocenters. The molecule has 1 fully saturated rings. The minimum Gasteiger partial charge on any atom is -0.497 e. The smallest absolute Gasteiger partial charge is 0.265 e. The number of rotatable bonds is 5. The van der Waals surface area contributed by atoms with Crippen LogP contribution in [-0.4, -0.2) is 78.9 Å². The maximum atomic E-state index is 12.7. The highest BCUT2D eigenvalue weighted by Gasteiger charge is 2.24. The van der Waals surface area contributed by atoms with Crippen molar-refractivity contribution in [2.45, 2.75) is 13.5 Å². The second-order valence-electron chi connectivity index (χ2n) is 7.02. The van der Waals surface area contributed by atoms with Crippen LogP contribution in [0.15, 0.2) is 24.3 Å². The van der Waals surface area contributed by atoms with Crippen molar-refractivity contribution in [2.24, 2.45) is 0 Å². The molecule has 3 rings (SSSR count). The molecular formula is C20H26N4O3S. The van der Waals surface area contributed by atoms with Crippen molar-refractivity contribution in [2.75, 3.05) is 47.4 Å². The van der Waals surface area contributed by atoms with Gasteiger partial charge in [-0.05, 0) is 31.2 Å². The number of amides is 2. The Kier molecular flexibility index (Phi) is 6.31. The number of benzene rings is 1. The summed E-state index contributed by atoms with van der Waals surface area (Å²) in [5, 5.41) is 0.942. The van der Waals surface area contributed by atoms with Crippen LogP contribution in [0.4, 0.5) is 0 Å². The van der Waals surface area contributed by atoms with E-state index in [0.29, 0.717) is 30.1 Å².